The summed E-state index contributed by atoms with van der Waals surface area (Å²) in [4.78, 5) is 24.8. The molecule has 0 spiro atoms. The summed E-state index contributed by atoms with van der Waals surface area (Å²) in [6, 6.07) is 19.8. The van der Waals surface area contributed by atoms with E-state index in [0.717, 1.165) is 36.6 Å². The number of alkyl halides is 8. The van der Waals surface area contributed by atoms with Gasteiger partial charge in [-0.15, -0.1) is 0 Å². The molecule has 0 saturated carbocycles. The van der Waals surface area contributed by atoms with Crippen LogP contribution in [0.2, 0.25) is 0 Å². The zero-order valence-corrected chi connectivity index (χ0v) is 30.2. The van der Waals surface area contributed by atoms with E-state index in [1.807, 2.05) is 24.3 Å². The number of halogens is 8. The zero-order valence-electron chi connectivity index (χ0n) is 30.2. The van der Waals surface area contributed by atoms with Crippen LogP contribution in [0.1, 0.15) is 94.8 Å². The molecule has 3 aromatic carbocycles. The standard InChI is InChI=1S/C40H46F8O6/c1-3-4-5-6-7-8-9-10-11-12-26-51-32-19-17-30(18-20-32)29-13-15-31(16-14-29)36(50)54-34-23-21-33(22-24-34)53-28(2)35(49)52-27-25-38(43,44)40(47,48)39(45,46)37(41)42/h13-24,28,37H,3-12,25-27H2,1-2H3/t28-/m0/s1. The summed E-state index contributed by atoms with van der Waals surface area (Å²) in [5.74, 6) is -19.4. The minimum Gasteiger partial charge on any atom is -0.494 e. The number of carbonyl (C=O) groups excluding carboxylic acids is 2. The van der Waals surface area contributed by atoms with Crippen LogP contribution in [0.25, 0.3) is 11.1 Å². The third-order valence-electron chi connectivity index (χ3n) is 8.57. The van der Waals surface area contributed by atoms with Crippen molar-refractivity contribution < 1.29 is 63.7 Å². The molecule has 298 valence electrons. The van der Waals surface area contributed by atoms with Crippen LogP contribution >= 0.6 is 0 Å². The van der Waals surface area contributed by atoms with Crippen molar-refractivity contribution in [3.05, 3.63) is 78.4 Å². The predicted octanol–water partition coefficient (Wildman–Crippen LogP) is 11.7. The largest absolute Gasteiger partial charge is 0.494 e. The van der Waals surface area contributed by atoms with Crippen molar-refractivity contribution in [1.29, 1.82) is 0 Å². The molecule has 3 aromatic rings. The highest BCUT2D eigenvalue weighted by molar-refractivity contribution is 5.91. The smallest absolute Gasteiger partial charge is 0.377 e. The molecular formula is C40H46F8O6. The molecule has 0 fully saturated rings. The van der Waals surface area contributed by atoms with Gasteiger partial charge in [-0.2, -0.15) is 26.3 Å². The Bertz CT molecular complexity index is 1560. The Morgan fingerprint density at radius 1 is 0.630 bits per heavy atom. The summed E-state index contributed by atoms with van der Waals surface area (Å²) in [5.41, 5.74) is 2.08. The molecule has 54 heavy (non-hydrogen) atoms. The van der Waals surface area contributed by atoms with Gasteiger partial charge in [-0.3, -0.25) is 0 Å². The summed E-state index contributed by atoms with van der Waals surface area (Å²) >= 11 is 0. The van der Waals surface area contributed by atoms with Crippen LogP contribution in [0.4, 0.5) is 35.1 Å². The normalized spacial score (nSPS) is 12.7. The van der Waals surface area contributed by atoms with E-state index in [9.17, 15) is 44.7 Å². The highest BCUT2D eigenvalue weighted by Crippen LogP contribution is 2.49. The second-order valence-electron chi connectivity index (χ2n) is 12.9. The Labute approximate surface area is 310 Å². The summed E-state index contributed by atoms with van der Waals surface area (Å²) in [7, 11) is 0. The Kier molecular flexibility index (Phi) is 17.1. The van der Waals surface area contributed by atoms with E-state index in [1.165, 1.54) is 75.6 Å². The first-order valence-electron chi connectivity index (χ1n) is 18.0. The third kappa shape index (κ3) is 12.9. The first kappa shape index (κ1) is 44.0. The van der Waals surface area contributed by atoms with E-state index in [4.69, 9.17) is 14.2 Å². The first-order valence-corrected chi connectivity index (χ1v) is 18.0. The molecule has 0 saturated heterocycles. The van der Waals surface area contributed by atoms with E-state index < -0.39 is 55.3 Å². The molecule has 0 aromatic heterocycles. The lowest BCUT2D eigenvalue weighted by atomic mass is 10.0. The Morgan fingerprint density at radius 3 is 1.65 bits per heavy atom. The Hall–Kier alpha value is -4.36. The highest BCUT2D eigenvalue weighted by Gasteiger charge is 2.74. The molecule has 14 heteroatoms. The van der Waals surface area contributed by atoms with Crippen LogP contribution in [0, 0.1) is 0 Å². The maximum atomic E-state index is 13.7. The molecule has 0 unspecified atom stereocenters. The second kappa shape index (κ2) is 20.9. The lowest BCUT2D eigenvalue weighted by molar-refractivity contribution is -0.340. The second-order valence-corrected chi connectivity index (χ2v) is 12.9. The van der Waals surface area contributed by atoms with Gasteiger partial charge in [0.05, 0.1) is 25.2 Å². The molecule has 0 aliphatic heterocycles. The summed E-state index contributed by atoms with van der Waals surface area (Å²) in [5, 5.41) is 0. The first-order chi connectivity index (χ1) is 25.6. The Morgan fingerprint density at radius 2 is 1.11 bits per heavy atom. The van der Waals surface area contributed by atoms with E-state index in [1.54, 1.807) is 24.3 Å². The number of hydrogen-bond acceptors (Lipinski definition) is 6. The summed E-state index contributed by atoms with van der Waals surface area (Å²) in [6.07, 6.45) is 3.91. The molecule has 6 nitrogen and oxygen atoms in total. The number of hydrogen-bond donors (Lipinski definition) is 0. The lowest BCUT2D eigenvalue weighted by Gasteiger charge is -2.32. The van der Waals surface area contributed by atoms with E-state index in [-0.39, 0.29) is 17.1 Å². The van der Waals surface area contributed by atoms with Crippen molar-refractivity contribution in [1.82, 2.24) is 0 Å². The lowest BCUT2D eigenvalue weighted by Crippen LogP contribution is -2.57. The molecule has 0 heterocycles. The monoisotopic (exact) mass is 774 g/mol. The third-order valence-corrected chi connectivity index (χ3v) is 8.57. The molecule has 0 amide bonds. The number of esters is 2. The van der Waals surface area contributed by atoms with Gasteiger partial charge in [0.15, 0.2) is 6.10 Å². The van der Waals surface area contributed by atoms with Gasteiger partial charge in [-0.05, 0) is 73.0 Å². The minimum absolute atomic E-state index is 0.0345. The minimum atomic E-state index is -6.40. The van der Waals surface area contributed by atoms with Crippen LogP contribution in [-0.4, -0.2) is 55.4 Å². The average Bonchev–Trinajstić information content (AvgIpc) is 3.14. The molecular weight excluding hydrogens is 728 g/mol. The van der Waals surface area contributed by atoms with Gasteiger partial charge in [0, 0.05) is 0 Å². The molecule has 0 bridgehead atoms. The number of carbonyl (C=O) groups is 2. The van der Waals surface area contributed by atoms with Crippen LogP contribution in [-0.2, 0) is 9.53 Å². The fourth-order valence-electron chi connectivity index (χ4n) is 5.26. The zero-order chi connectivity index (χ0) is 39.8. The quantitative estimate of drug-likeness (QED) is 0.0391. The SMILES string of the molecule is CCCCCCCCCCCCOc1ccc(-c2ccc(C(=O)Oc3ccc(O[C@@H](C)C(=O)OCCC(F)(F)C(F)(F)C(F)(F)C(F)F)cc3)cc2)cc1. The van der Waals surface area contributed by atoms with Crippen LogP contribution < -0.4 is 14.2 Å². The summed E-state index contributed by atoms with van der Waals surface area (Å²) < 4.78 is 126. The molecule has 0 radical (unpaired) electrons. The van der Waals surface area contributed by atoms with Gasteiger partial charge in [-0.25, -0.2) is 18.4 Å². The number of unbranched alkanes of at least 4 members (excludes halogenated alkanes) is 9. The van der Waals surface area contributed by atoms with Crippen molar-refractivity contribution in [3.63, 3.8) is 0 Å². The molecule has 1 atom stereocenters. The molecule has 3 rings (SSSR count). The van der Waals surface area contributed by atoms with E-state index in [2.05, 4.69) is 11.7 Å². The van der Waals surface area contributed by atoms with Gasteiger partial charge in [0.25, 0.3) is 0 Å². The number of rotatable bonds is 24. The maximum Gasteiger partial charge on any atom is 0.377 e. The van der Waals surface area contributed by atoms with Crippen molar-refractivity contribution >= 4 is 11.9 Å². The number of ether oxygens (including phenoxy) is 4. The topological polar surface area (TPSA) is 71.1 Å². The van der Waals surface area contributed by atoms with Crippen LogP contribution in [0.15, 0.2) is 72.8 Å². The molecule has 0 aliphatic rings. The van der Waals surface area contributed by atoms with Gasteiger partial charge >= 0.3 is 36.1 Å². The van der Waals surface area contributed by atoms with E-state index in [0.29, 0.717) is 6.61 Å². The number of benzene rings is 3. The fraction of sp³-hybridized carbons (Fsp3) is 0.500. The van der Waals surface area contributed by atoms with Gasteiger partial charge in [-0.1, -0.05) is 89.0 Å². The van der Waals surface area contributed by atoms with Gasteiger partial charge in [0.2, 0.25) is 0 Å². The average molecular weight is 775 g/mol. The van der Waals surface area contributed by atoms with Crippen molar-refractivity contribution in [2.45, 2.75) is 115 Å². The van der Waals surface area contributed by atoms with Gasteiger partial charge < -0.3 is 18.9 Å². The maximum absolute atomic E-state index is 13.7. The Balaban J connectivity index is 1.39. The van der Waals surface area contributed by atoms with Crippen LogP contribution in [0.3, 0.4) is 0 Å². The van der Waals surface area contributed by atoms with E-state index >= 15 is 0 Å². The van der Waals surface area contributed by atoms with Gasteiger partial charge in [0.1, 0.15) is 17.2 Å². The van der Waals surface area contributed by atoms with Crippen molar-refractivity contribution in [3.8, 4) is 28.4 Å². The summed E-state index contributed by atoms with van der Waals surface area (Å²) in [6.45, 7) is 2.54. The predicted molar refractivity (Wildman–Crippen MR) is 187 cm³/mol. The molecule has 0 aliphatic carbocycles. The van der Waals surface area contributed by atoms with Crippen molar-refractivity contribution in [2.24, 2.45) is 0 Å². The highest BCUT2D eigenvalue weighted by atomic mass is 19.4. The fourth-order valence-corrected chi connectivity index (χ4v) is 5.26. The van der Waals surface area contributed by atoms with Crippen molar-refractivity contribution in [2.75, 3.05) is 13.2 Å². The van der Waals surface area contributed by atoms with Crippen LogP contribution in [0.5, 0.6) is 17.2 Å². The molecule has 0 N–H and O–H groups in total.